The van der Waals surface area contributed by atoms with Gasteiger partial charge < -0.3 is 0 Å². The summed E-state index contributed by atoms with van der Waals surface area (Å²) in [5.41, 5.74) is 0. The van der Waals surface area contributed by atoms with Gasteiger partial charge >= 0.3 is 0 Å². The Balaban J connectivity index is 1.65. The van der Waals surface area contributed by atoms with Crippen molar-refractivity contribution >= 4 is 23.6 Å². The maximum Gasteiger partial charge on any atom is 0.229 e. The van der Waals surface area contributed by atoms with Crippen molar-refractivity contribution in [2.75, 3.05) is 12.3 Å². The smallest absolute Gasteiger partial charge is 0.229 e. The molecule has 0 aromatic rings. The molecule has 0 bridgehead atoms. The van der Waals surface area contributed by atoms with Crippen LogP contribution in [-0.2, 0) is 9.59 Å². The Morgan fingerprint density at radius 1 is 0.947 bits per heavy atom. The molecule has 0 N–H and O–H groups in total. The Bertz CT molecular complexity index is 295. The number of hydrogen-bond acceptors (Lipinski definition) is 3. The molecule has 1 aliphatic carbocycles. The van der Waals surface area contributed by atoms with Crippen molar-refractivity contribution in [1.82, 2.24) is 4.90 Å². The van der Waals surface area contributed by atoms with Gasteiger partial charge in [0.1, 0.15) is 0 Å². The van der Waals surface area contributed by atoms with Crippen LogP contribution in [-0.4, -0.2) is 34.3 Å². The minimum atomic E-state index is 0.0465. The van der Waals surface area contributed by atoms with Gasteiger partial charge in [-0.1, -0.05) is 19.3 Å². The van der Waals surface area contributed by atoms with E-state index in [0.29, 0.717) is 19.4 Å². The third-order valence-corrected chi connectivity index (χ3v) is 5.53. The van der Waals surface area contributed by atoms with Crippen LogP contribution in [0.5, 0.6) is 0 Å². The van der Waals surface area contributed by atoms with Crippen LogP contribution in [0.25, 0.3) is 0 Å². The molecule has 2 amide bonds. The monoisotopic (exact) mass is 283 g/mol. The van der Waals surface area contributed by atoms with Gasteiger partial charge in [0.2, 0.25) is 11.8 Å². The molecule has 0 unspecified atom stereocenters. The van der Waals surface area contributed by atoms with Gasteiger partial charge in [0.15, 0.2) is 0 Å². The minimum absolute atomic E-state index is 0.0465. The molecule has 108 valence electrons. The molecular formula is C15H25NO2S. The van der Waals surface area contributed by atoms with E-state index in [2.05, 4.69) is 0 Å². The van der Waals surface area contributed by atoms with Crippen LogP contribution in [0, 0.1) is 0 Å². The lowest BCUT2D eigenvalue weighted by atomic mass is 10.0. The Kier molecular flexibility index (Phi) is 6.21. The number of carbonyl (C=O) groups is 2. The van der Waals surface area contributed by atoms with Crippen LogP contribution in [0.4, 0.5) is 0 Å². The summed E-state index contributed by atoms with van der Waals surface area (Å²) in [5, 5.41) is 0.823. The maximum absolute atomic E-state index is 11.8. The molecule has 0 atom stereocenters. The van der Waals surface area contributed by atoms with Gasteiger partial charge in [-0.25, -0.2) is 0 Å². The lowest BCUT2D eigenvalue weighted by Gasteiger charge is -2.22. The molecule has 4 heteroatoms. The van der Waals surface area contributed by atoms with Gasteiger partial charge in [-0.05, 0) is 37.9 Å². The molecule has 1 aliphatic heterocycles. The van der Waals surface area contributed by atoms with Gasteiger partial charge in [0.25, 0.3) is 0 Å². The van der Waals surface area contributed by atoms with Gasteiger partial charge in [0, 0.05) is 24.6 Å². The van der Waals surface area contributed by atoms with E-state index < -0.39 is 0 Å². The fraction of sp³-hybridized carbons (Fsp3) is 0.867. The first kappa shape index (κ1) is 14.9. The summed E-state index contributed by atoms with van der Waals surface area (Å²) in [4.78, 5) is 25.1. The maximum atomic E-state index is 11.8. The quantitative estimate of drug-likeness (QED) is 0.573. The van der Waals surface area contributed by atoms with Gasteiger partial charge in [-0.15, -0.1) is 0 Å². The molecule has 19 heavy (non-hydrogen) atoms. The summed E-state index contributed by atoms with van der Waals surface area (Å²) < 4.78 is 0. The second kappa shape index (κ2) is 7.93. The first-order valence-corrected chi connectivity index (χ1v) is 8.77. The average molecular weight is 283 g/mol. The minimum Gasteiger partial charge on any atom is -0.283 e. The summed E-state index contributed by atoms with van der Waals surface area (Å²) in [6.07, 6.45) is 10.7. The third-order valence-electron chi connectivity index (χ3n) is 4.07. The summed E-state index contributed by atoms with van der Waals surface area (Å²) in [6, 6.07) is 0. The van der Waals surface area contributed by atoms with Crippen LogP contribution in [0.2, 0.25) is 0 Å². The number of likely N-dealkylation sites (tertiary alicyclic amines) is 1. The van der Waals surface area contributed by atoms with E-state index in [1.807, 2.05) is 11.8 Å². The molecule has 1 heterocycles. The second-order valence-electron chi connectivity index (χ2n) is 5.63. The zero-order valence-electron chi connectivity index (χ0n) is 11.7. The third kappa shape index (κ3) is 4.83. The molecule has 2 rings (SSSR count). The topological polar surface area (TPSA) is 37.4 Å². The molecular weight excluding hydrogens is 258 g/mol. The highest BCUT2D eigenvalue weighted by Crippen LogP contribution is 2.28. The van der Waals surface area contributed by atoms with Crippen LogP contribution in [0.1, 0.15) is 64.2 Å². The number of hydrogen-bond donors (Lipinski definition) is 0. The number of imide groups is 1. The predicted octanol–water partition coefficient (Wildman–Crippen LogP) is 3.37. The first-order chi connectivity index (χ1) is 9.27. The molecule has 2 fully saturated rings. The summed E-state index contributed by atoms with van der Waals surface area (Å²) in [7, 11) is 0. The molecule has 0 aromatic carbocycles. The number of carbonyl (C=O) groups excluding carboxylic acids is 2. The SMILES string of the molecule is O=C1CCCCC(=O)N1CCCSC1CCCCC1. The Labute approximate surface area is 120 Å². The standard InChI is InChI=1S/C15H25NO2S/c17-14-9-4-5-10-15(18)16(14)11-6-12-19-13-7-2-1-3-8-13/h13H,1-12H2. The average Bonchev–Trinajstić information content (AvgIpc) is 2.59. The molecule has 0 radical (unpaired) electrons. The van der Waals surface area contributed by atoms with E-state index in [1.165, 1.54) is 37.0 Å². The van der Waals surface area contributed by atoms with Crippen molar-refractivity contribution in [2.24, 2.45) is 0 Å². The highest BCUT2D eigenvalue weighted by Gasteiger charge is 2.23. The van der Waals surface area contributed by atoms with E-state index in [-0.39, 0.29) is 11.8 Å². The Morgan fingerprint density at radius 2 is 1.58 bits per heavy atom. The number of thioether (sulfide) groups is 1. The number of amides is 2. The normalized spacial score (nSPS) is 22.6. The fourth-order valence-electron chi connectivity index (χ4n) is 2.92. The Morgan fingerprint density at radius 3 is 2.21 bits per heavy atom. The van der Waals surface area contributed by atoms with Crippen molar-refractivity contribution in [3.05, 3.63) is 0 Å². The molecule has 2 aliphatic rings. The van der Waals surface area contributed by atoms with Gasteiger partial charge in [-0.3, -0.25) is 14.5 Å². The van der Waals surface area contributed by atoms with Crippen molar-refractivity contribution in [3.63, 3.8) is 0 Å². The van der Waals surface area contributed by atoms with Crippen LogP contribution in [0.15, 0.2) is 0 Å². The zero-order valence-corrected chi connectivity index (χ0v) is 12.6. The lowest BCUT2D eigenvalue weighted by Crippen LogP contribution is -2.36. The zero-order chi connectivity index (χ0) is 13.5. The molecule has 1 saturated carbocycles. The van der Waals surface area contributed by atoms with Crippen LogP contribution < -0.4 is 0 Å². The highest BCUT2D eigenvalue weighted by molar-refractivity contribution is 7.99. The van der Waals surface area contributed by atoms with Crippen molar-refractivity contribution < 1.29 is 9.59 Å². The van der Waals surface area contributed by atoms with Gasteiger partial charge in [0.05, 0.1) is 0 Å². The van der Waals surface area contributed by atoms with Gasteiger partial charge in [-0.2, -0.15) is 11.8 Å². The van der Waals surface area contributed by atoms with Crippen molar-refractivity contribution in [2.45, 2.75) is 69.5 Å². The molecule has 0 aromatic heterocycles. The van der Waals surface area contributed by atoms with E-state index in [1.54, 1.807) is 0 Å². The fourth-order valence-corrected chi connectivity index (χ4v) is 4.21. The Hall–Kier alpha value is -0.510. The summed E-state index contributed by atoms with van der Waals surface area (Å²) >= 11 is 2.04. The predicted molar refractivity (Wildman–Crippen MR) is 79.1 cm³/mol. The summed E-state index contributed by atoms with van der Waals surface area (Å²) in [5.74, 6) is 1.18. The first-order valence-electron chi connectivity index (χ1n) is 7.72. The van der Waals surface area contributed by atoms with E-state index in [9.17, 15) is 9.59 Å². The van der Waals surface area contributed by atoms with E-state index in [0.717, 1.165) is 30.3 Å². The largest absolute Gasteiger partial charge is 0.283 e. The molecule has 1 saturated heterocycles. The van der Waals surface area contributed by atoms with E-state index in [4.69, 9.17) is 0 Å². The van der Waals surface area contributed by atoms with Crippen molar-refractivity contribution in [3.8, 4) is 0 Å². The number of nitrogens with zero attached hydrogens (tertiary/aromatic N) is 1. The van der Waals surface area contributed by atoms with Crippen LogP contribution >= 0.6 is 11.8 Å². The highest BCUT2D eigenvalue weighted by atomic mass is 32.2. The van der Waals surface area contributed by atoms with Crippen LogP contribution in [0.3, 0.4) is 0 Å². The van der Waals surface area contributed by atoms with E-state index >= 15 is 0 Å². The molecule has 0 spiro atoms. The second-order valence-corrected chi connectivity index (χ2v) is 7.04. The lowest BCUT2D eigenvalue weighted by molar-refractivity contribution is -0.143. The molecule has 3 nitrogen and oxygen atoms in total. The number of rotatable bonds is 5. The summed E-state index contributed by atoms with van der Waals surface area (Å²) in [6.45, 7) is 0.636. The van der Waals surface area contributed by atoms with Crippen molar-refractivity contribution in [1.29, 1.82) is 0 Å².